The second-order valence-corrected chi connectivity index (χ2v) is 11.7. The predicted molar refractivity (Wildman–Crippen MR) is 152 cm³/mol. The van der Waals surface area contributed by atoms with Gasteiger partial charge in [0.15, 0.2) is 0 Å². The molecule has 0 unspecified atom stereocenters. The molecule has 0 spiro atoms. The van der Waals surface area contributed by atoms with Gasteiger partial charge >= 0.3 is 0 Å². The Bertz CT molecular complexity index is 1470. The van der Waals surface area contributed by atoms with E-state index in [0.717, 1.165) is 28.9 Å². The van der Waals surface area contributed by atoms with E-state index in [4.69, 9.17) is 4.74 Å². The van der Waals surface area contributed by atoms with Crippen LogP contribution in [0.3, 0.4) is 0 Å². The smallest absolute Gasteiger partial charge is 0.248 e. The molecule has 0 aromatic heterocycles. The Balaban J connectivity index is 1.13. The van der Waals surface area contributed by atoms with Crippen molar-refractivity contribution in [3.8, 4) is 11.5 Å². The van der Waals surface area contributed by atoms with Gasteiger partial charge in [0.05, 0.1) is 11.8 Å². The molecule has 6 heteroatoms. The van der Waals surface area contributed by atoms with E-state index in [1.54, 1.807) is 12.1 Å². The van der Waals surface area contributed by atoms with Gasteiger partial charge in [0.25, 0.3) is 0 Å². The minimum Gasteiger partial charge on any atom is -0.457 e. The van der Waals surface area contributed by atoms with Crippen LogP contribution in [0.5, 0.6) is 11.5 Å². The Hall–Kier alpha value is -4.19. The molecule has 5 aliphatic rings. The SMILES string of the molecule is Cc1cccc(C)c1Oc1ccc(NC(=O)[C@H](Cc2ccccc2)N2C(=O)[C@H]3[C@@H]4C=C[C@H]([C@H]5C[C@H]45)[C@@H]3C2=O)cc1. The summed E-state index contributed by atoms with van der Waals surface area (Å²) >= 11 is 0. The molecule has 6 nitrogen and oxygen atoms in total. The number of ether oxygens (including phenoxy) is 1. The van der Waals surface area contributed by atoms with Gasteiger partial charge in [0.2, 0.25) is 17.7 Å². The highest BCUT2D eigenvalue weighted by Gasteiger charge is 2.67. The van der Waals surface area contributed by atoms with Crippen LogP contribution in [0.25, 0.3) is 0 Å². The van der Waals surface area contributed by atoms with Gasteiger partial charge in [-0.3, -0.25) is 19.3 Å². The minimum atomic E-state index is -0.922. The Morgan fingerprint density at radius 3 is 2.05 bits per heavy atom. The molecule has 1 saturated heterocycles. The summed E-state index contributed by atoms with van der Waals surface area (Å²) in [5.74, 6) is 1.33. The van der Waals surface area contributed by atoms with Crippen molar-refractivity contribution in [2.45, 2.75) is 32.7 Å². The van der Waals surface area contributed by atoms with Gasteiger partial charge < -0.3 is 10.1 Å². The van der Waals surface area contributed by atoms with Crippen LogP contribution in [0.1, 0.15) is 23.1 Å². The number of nitrogens with zero attached hydrogens (tertiary/aromatic N) is 1. The first-order valence-corrected chi connectivity index (χ1v) is 14.1. The van der Waals surface area contributed by atoms with Crippen molar-refractivity contribution >= 4 is 23.4 Å². The lowest BCUT2D eigenvalue weighted by Crippen LogP contribution is -2.49. The normalized spacial score (nSPS) is 28.2. The van der Waals surface area contributed by atoms with E-state index in [1.165, 1.54) is 4.90 Å². The Kier molecular flexibility index (Phi) is 5.88. The first-order chi connectivity index (χ1) is 19.4. The molecule has 40 heavy (non-hydrogen) atoms. The molecular formula is C34H32N2O4. The molecular weight excluding hydrogens is 500 g/mol. The molecule has 7 atom stereocenters. The molecule has 2 bridgehead atoms. The molecule has 3 aromatic rings. The number of hydrogen-bond acceptors (Lipinski definition) is 4. The quantitative estimate of drug-likeness (QED) is 0.313. The third-order valence-electron chi connectivity index (χ3n) is 9.33. The summed E-state index contributed by atoms with van der Waals surface area (Å²) in [6.07, 6.45) is 5.69. The first kappa shape index (κ1) is 24.8. The lowest BCUT2D eigenvalue weighted by atomic mass is 9.63. The molecule has 2 saturated carbocycles. The number of carbonyl (C=O) groups excluding carboxylic acids is 3. The fourth-order valence-electron chi connectivity index (χ4n) is 7.34. The van der Waals surface area contributed by atoms with Gasteiger partial charge in [-0.1, -0.05) is 60.7 Å². The maximum Gasteiger partial charge on any atom is 0.248 e. The van der Waals surface area contributed by atoms with Crippen LogP contribution in [0.4, 0.5) is 5.69 Å². The average molecular weight is 533 g/mol. The van der Waals surface area contributed by atoms with E-state index in [0.29, 0.717) is 23.3 Å². The number of hydrogen-bond donors (Lipinski definition) is 1. The largest absolute Gasteiger partial charge is 0.457 e. The van der Waals surface area contributed by atoms with Gasteiger partial charge in [-0.05, 0) is 84.9 Å². The average Bonchev–Trinajstić information content (AvgIpc) is 3.74. The number of para-hydroxylation sites is 1. The molecule has 202 valence electrons. The van der Waals surface area contributed by atoms with E-state index >= 15 is 0 Å². The molecule has 1 aliphatic heterocycles. The number of amides is 3. The highest BCUT2D eigenvalue weighted by molar-refractivity contribution is 6.10. The standard InChI is InChI=1S/C34H32N2O4/c1-19-7-6-8-20(2)31(19)40-23-13-11-22(12-14-23)35-32(37)28(17-21-9-4-3-5-10-21)36-33(38)29-24-15-16-25(27-18-26(24)27)30(29)34(36)39/h3-16,24-30H,17-18H2,1-2H3,(H,35,37)/t24-,25-,26-,27-,28+,29+,30+/m1/s1. The number of nitrogens with one attached hydrogen (secondary N) is 1. The second kappa shape index (κ2) is 9.47. The Labute approximate surface area is 234 Å². The lowest BCUT2D eigenvalue weighted by Gasteiger charge is -2.37. The first-order valence-electron chi connectivity index (χ1n) is 14.1. The van der Waals surface area contributed by atoms with E-state index in [2.05, 4.69) is 17.5 Å². The number of benzene rings is 3. The van der Waals surface area contributed by atoms with Gasteiger partial charge in [-0.25, -0.2) is 0 Å². The van der Waals surface area contributed by atoms with Crippen molar-refractivity contribution in [2.75, 3.05) is 5.32 Å². The van der Waals surface area contributed by atoms with Crippen LogP contribution in [0.15, 0.2) is 84.9 Å². The number of allylic oxidation sites excluding steroid dienone is 2. The van der Waals surface area contributed by atoms with Crippen LogP contribution in [0.2, 0.25) is 0 Å². The lowest BCUT2D eigenvalue weighted by molar-refractivity contribution is -0.146. The fourth-order valence-corrected chi connectivity index (χ4v) is 7.34. The summed E-state index contributed by atoms with van der Waals surface area (Å²) in [6, 6.07) is 21.9. The third-order valence-corrected chi connectivity index (χ3v) is 9.33. The van der Waals surface area contributed by atoms with Crippen molar-refractivity contribution in [2.24, 2.45) is 35.5 Å². The highest BCUT2D eigenvalue weighted by Crippen LogP contribution is 2.65. The number of rotatable bonds is 7. The minimum absolute atomic E-state index is 0.117. The van der Waals surface area contributed by atoms with E-state index in [9.17, 15) is 14.4 Å². The molecule has 3 fully saturated rings. The van der Waals surface area contributed by atoms with Crippen molar-refractivity contribution in [3.05, 3.63) is 102 Å². The fraction of sp³-hybridized carbons (Fsp3) is 0.324. The predicted octanol–water partition coefficient (Wildman–Crippen LogP) is 5.70. The number of carbonyl (C=O) groups is 3. The van der Waals surface area contributed by atoms with Gasteiger partial charge in [-0.2, -0.15) is 0 Å². The van der Waals surface area contributed by atoms with Crippen LogP contribution < -0.4 is 10.1 Å². The van der Waals surface area contributed by atoms with Crippen molar-refractivity contribution in [3.63, 3.8) is 0 Å². The van der Waals surface area contributed by atoms with Crippen LogP contribution in [0, 0.1) is 49.4 Å². The zero-order valence-corrected chi connectivity index (χ0v) is 22.6. The highest BCUT2D eigenvalue weighted by atomic mass is 16.5. The van der Waals surface area contributed by atoms with Gasteiger partial charge in [0.1, 0.15) is 17.5 Å². The van der Waals surface area contributed by atoms with Crippen LogP contribution >= 0.6 is 0 Å². The summed E-state index contributed by atoms with van der Waals surface area (Å²) in [5.41, 5.74) is 3.57. The molecule has 4 aliphatic carbocycles. The number of anilines is 1. The Morgan fingerprint density at radius 1 is 0.850 bits per heavy atom. The molecule has 3 amide bonds. The van der Waals surface area contributed by atoms with E-state index in [1.807, 2.05) is 74.5 Å². The van der Waals surface area contributed by atoms with Crippen LogP contribution in [-0.4, -0.2) is 28.7 Å². The molecule has 8 rings (SSSR count). The number of likely N-dealkylation sites (tertiary alicyclic amines) is 1. The number of imide groups is 1. The zero-order chi connectivity index (χ0) is 27.5. The summed E-state index contributed by atoms with van der Waals surface area (Å²) < 4.78 is 6.11. The van der Waals surface area contributed by atoms with E-state index in [-0.39, 0.29) is 47.8 Å². The van der Waals surface area contributed by atoms with Gasteiger partial charge in [0, 0.05) is 12.1 Å². The monoisotopic (exact) mass is 532 g/mol. The van der Waals surface area contributed by atoms with Crippen molar-refractivity contribution in [1.29, 1.82) is 0 Å². The van der Waals surface area contributed by atoms with E-state index < -0.39 is 6.04 Å². The maximum atomic E-state index is 13.8. The second-order valence-electron chi connectivity index (χ2n) is 11.7. The molecule has 0 radical (unpaired) electrons. The van der Waals surface area contributed by atoms with Gasteiger partial charge in [-0.15, -0.1) is 0 Å². The van der Waals surface area contributed by atoms with Crippen LogP contribution in [-0.2, 0) is 20.8 Å². The zero-order valence-electron chi connectivity index (χ0n) is 22.6. The van der Waals surface area contributed by atoms with Crippen molar-refractivity contribution in [1.82, 2.24) is 4.90 Å². The summed E-state index contributed by atoms with van der Waals surface area (Å²) in [7, 11) is 0. The molecule has 1 heterocycles. The molecule has 1 N–H and O–H groups in total. The third kappa shape index (κ3) is 4.05. The topological polar surface area (TPSA) is 75.7 Å². The Morgan fingerprint density at radius 2 is 1.45 bits per heavy atom. The maximum absolute atomic E-state index is 13.8. The number of aryl methyl sites for hydroxylation is 2. The summed E-state index contributed by atoms with van der Waals surface area (Å²) in [5, 5.41) is 2.97. The van der Waals surface area contributed by atoms with Crippen molar-refractivity contribution < 1.29 is 19.1 Å². The molecule has 3 aromatic carbocycles. The summed E-state index contributed by atoms with van der Waals surface area (Å²) in [6.45, 7) is 4.01. The summed E-state index contributed by atoms with van der Waals surface area (Å²) in [4.78, 5) is 42.8.